The van der Waals surface area contributed by atoms with Crippen molar-refractivity contribution in [2.75, 3.05) is 20.3 Å². The molecule has 0 heterocycles. The number of methoxy groups -OCH3 is 1. The molecule has 2 aromatic carbocycles. The second-order valence-electron chi connectivity index (χ2n) is 5.61. The van der Waals surface area contributed by atoms with E-state index in [-0.39, 0.29) is 11.6 Å². The fourth-order valence-corrected chi connectivity index (χ4v) is 2.41. The summed E-state index contributed by atoms with van der Waals surface area (Å²) >= 11 is 6.08. The molecule has 29 heavy (non-hydrogen) atoms. The Hall–Kier alpha value is -3.52. The summed E-state index contributed by atoms with van der Waals surface area (Å²) in [6.07, 6.45) is 3.03. The topological polar surface area (TPSA) is 112 Å². The number of amides is 2. The lowest BCUT2D eigenvalue weighted by molar-refractivity contribution is -0.119. The molecule has 0 saturated carbocycles. The first kappa shape index (κ1) is 21.8. The van der Waals surface area contributed by atoms with Crippen LogP contribution in [0.1, 0.15) is 15.9 Å². The second-order valence-corrected chi connectivity index (χ2v) is 6.02. The Morgan fingerprint density at radius 1 is 1.17 bits per heavy atom. The van der Waals surface area contributed by atoms with Crippen molar-refractivity contribution in [3.8, 4) is 17.2 Å². The highest BCUT2D eigenvalue weighted by atomic mass is 35.5. The maximum atomic E-state index is 12.3. The summed E-state index contributed by atoms with van der Waals surface area (Å²) < 4.78 is 15.8. The third-order valence-corrected chi connectivity index (χ3v) is 3.78. The molecular weight excluding hydrogens is 398 g/mol. The van der Waals surface area contributed by atoms with Gasteiger partial charge in [-0.05, 0) is 42.0 Å². The lowest BCUT2D eigenvalue weighted by Gasteiger charge is -2.10. The molecule has 0 fully saturated rings. The number of hydrazone groups is 1. The van der Waals surface area contributed by atoms with Gasteiger partial charge in [-0.2, -0.15) is 5.10 Å². The van der Waals surface area contributed by atoms with Crippen molar-refractivity contribution < 1.29 is 23.8 Å². The molecule has 0 atom stereocenters. The Balaban J connectivity index is 2.01. The lowest BCUT2D eigenvalue weighted by Crippen LogP contribution is -2.20. The first-order valence-corrected chi connectivity index (χ1v) is 8.78. The summed E-state index contributed by atoms with van der Waals surface area (Å²) in [5.74, 6) is 0.203. The highest BCUT2D eigenvalue weighted by Crippen LogP contribution is 2.28. The number of nitrogens with two attached hydrogens (primary N) is 1. The number of carbonyl (C=O) groups excluding carboxylic acids is 2. The molecule has 2 amide bonds. The van der Waals surface area contributed by atoms with Gasteiger partial charge in [0.15, 0.2) is 18.1 Å². The molecule has 2 rings (SSSR count). The summed E-state index contributed by atoms with van der Waals surface area (Å²) in [6.45, 7) is 3.63. The van der Waals surface area contributed by atoms with Crippen LogP contribution in [0.3, 0.4) is 0 Å². The van der Waals surface area contributed by atoms with E-state index in [4.69, 9.17) is 31.5 Å². The third kappa shape index (κ3) is 6.54. The molecule has 0 saturated heterocycles. The molecular formula is C20H20ClN3O5. The summed E-state index contributed by atoms with van der Waals surface area (Å²) in [6, 6.07) is 9.57. The molecule has 3 N–H and O–H groups in total. The van der Waals surface area contributed by atoms with Gasteiger partial charge in [0, 0.05) is 5.56 Å². The normalized spacial score (nSPS) is 10.4. The van der Waals surface area contributed by atoms with E-state index in [2.05, 4.69) is 17.1 Å². The van der Waals surface area contributed by atoms with Crippen LogP contribution in [0, 0.1) is 0 Å². The van der Waals surface area contributed by atoms with Gasteiger partial charge in [0.2, 0.25) is 0 Å². The number of nitrogens with one attached hydrogen (secondary N) is 1. The summed E-state index contributed by atoms with van der Waals surface area (Å²) in [4.78, 5) is 23.0. The van der Waals surface area contributed by atoms with Gasteiger partial charge in [-0.1, -0.05) is 24.3 Å². The Kier molecular flexibility index (Phi) is 8.05. The minimum atomic E-state index is -0.605. The number of benzene rings is 2. The van der Waals surface area contributed by atoms with Crippen molar-refractivity contribution in [1.29, 1.82) is 0 Å². The van der Waals surface area contributed by atoms with E-state index in [1.54, 1.807) is 42.5 Å². The number of nitrogens with zero attached hydrogens (tertiary/aromatic N) is 1. The summed E-state index contributed by atoms with van der Waals surface area (Å²) in [5.41, 5.74) is 8.40. The van der Waals surface area contributed by atoms with E-state index in [9.17, 15) is 9.59 Å². The summed E-state index contributed by atoms with van der Waals surface area (Å²) in [7, 11) is 1.48. The maximum absolute atomic E-state index is 12.3. The van der Waals surface area contributed by atoms with Crippen LogP contribution in [0.4, 0.5) is 0 Å². The van der Waals surface area contributed by atoms with Crippen molar-refractivity contribution in [3.63, 3.8) is 0 Å². The van der Waals surface area contributed by atoms with Crippen LogP contribution >= 0.6 is 11.6 Å². The number of hydrogen-bond donors (Lipinski definition) is 2. The van der Waals surface area contributed by atoms with Crippen LogP contribution in [0.2, 0.25) is 5.02 Å². The van der Waals surface area contributed by atoms with Gasteiger partial charge in [0.25, 0.3) is 11.8 Å². The van der Waals surface area contributed by atoms with E-state index in [0.29, 0.717) is 35.0 Å². The van der Waals surface area contributed by atoms with Gasteiger partial charge in [0.1, 0.15) is 12.4 Å². The maximum Gasteiger partial charge on any atom is 0.271 e. The first-order chi connectivity index (χ1) is 13.9. The molecule has 9 heteroatoms. The molecule has 2 aromatic rings. The molecule has 0 aliphatic heterocycles. The standard InChI is InChI=1S/C20H20ClN3O5/c1-3-8-28-17-7-5-14(10-18(17)27-2)20(26)24-23-11-13-4-6-16(15(21)9-13)29-12-19(22)25/h3-7,9-11H,1,8,12H2,2H3,(H2,22,25)(H,24,26)/b23-11+. The van der Waals surface area contributed by atoms with E-state index < -0.39 is 11.8 Å². The van der Waals surface area contributed by atoms with Crippen LogP contribution in [0.5, 0.6) is 17.2 Å². The molecule has 0 aliphatic carbocycles. The average molecular weight is 418 g/mol. The monoisotopic (exact) mass is 417 g/mol. The number of hydrogen-bond acceptors (Lipinski definition) is 6. The molecule has 0 aliphatic rings. The number of rotatable bonds is 10. The largest absolute Gasteiger partial charge is 0.493 e. The van der Waals surface area contributed by atoms with Crippen LogP contribution in [-0.2, 0) is 4.79 Å². The molecule has 0 spiro atoms. The first-order valence-electron chi connectivity index (χ1n) is 8.40. The highest BCUT2D eigenvalue weighted by Gasteiger charge is 2.10. The zero-order valence-corrected chi connectivity index (χ0v) is 16.4. The highest BCUT2D eigenvalue weighted by molar-refractivity contribution is 6.32. The van der Waals surface area contributed by atoms with Crippen molar-refractivity contribution in [3.05, 3.63) is 65.2 Å². The average Bonchev–Trinajstić information content (AvgIpc) is 2.71. The zero-order valence-electron chi connectivity index (χ0n) is 15.7. The Labute approximate surface area is 172 Å². The Morgan fingerprint density at radius 2 is 1.93 bits per heavy atom. The van der Waals surface area contributed by atoms with Crippen molar-refractivity contribution >= 4 is 29.6 Å². The lowest BCUT2D eigenvalue weighted by atomic mass is 10.2. The fraction of sp³-hybridized carbons (Fsp3) is 0.150. The third-order valence-electron chi connectivity index (χ3n) is 3.49. The fourth-order valence-electron chi connectivity index (χ4n) is 2.17. The van der Waals surface area contributed by atoms with Crippen molar-refractivity contribution in [1.82, 2.24) is 5.43 Å². The molecule has 152 valence electrons. The van der Waals surface area contributed by atoms with Crippen LogP contribution < -0.4 is 25.4 Å². The van der Waals surface area contributed by atoms with Crippen molar-refractivity contribution in [2.24, 2.45) is 10.8 Å². The van der Waals surface area contributed by atoms with E-state index in [1.165, 1.54) is 13.3 Å². The minimum Gasteiger partial charge on any atom is -0.493 e. The van der Waals surface area contributed by atoms with E-state index in [1.807, 2.05) is 0 Å². The van der Waals surface area contributed by atoms with Gasteiger partial charge in [-0.3, -0.25) is 9.59 Å². The van der Waals surface area contributed by atoms with Gasteiger partial charge >= 0.3 is 0 Å². The van der Waals surface area contributed by atoms with Gasteiger partial charge < -0.3 is 19.9 Å². The molecule has 0 bridgehead atoms. The van der Waals surface area contributed by atoms with Gasteiger partial charge in [0.05, 0.1) is 18.3 Å². The number of carbonyl (C=O) groups is 2. The van der Waals surface area contributed by atoms with Gasteiger partial charge in [-0.15, -0.1) is 0 Å². The van der Waals surface area contributed by atoms with E-state index in [0.717, 1.165) is 0 Å². The molecule has 0 radical (unpaired) electrons. The number of primary amides is 1. The smallest absolute Gasteiger partial charge is 0.271 e. The van der Waals surface area contributed by atoms with Crippen molar-refractivity contribution in [2.45, 2.75) is 0 Å². The quantitative estimate of drug-likeness (QED) is 0.350. The number of halogens is 1. The molecule has 0 aromatic heterocycles. The van der Waals surface area contributed by atoms with Gasteiger partial charge in [-0.25, -0.2) is 5.43 Å². The molecule has 8 nitrogen and oxygen atoms in total. The SMILES string of the molecule is C=CCOc1ccc(C(=O)N/N=C/c2ccc(OCC(N)=O)c(Cl)c2)cc1OC. The van der Waals surface area contributed by atoms with Crippen LogP contribution in [0.25, 0.3) is 0 Å². The second kappa shape index (κ2) is 10.7. The van der Waals surface area contributed by atoms with Crippen LogP contribution in [-0.4, -0.2) is 38.4 Å². The van der Waals surface area contributed by atoms with Crippen LogP contribution in [0.15, 0.2) is 54.2 Å². The predicted octanol–water partition coefficient (Wildman–Crippen LogP) is 2.54. The molecule has 0 unspecified atom stereocenters. The predicted molar refractivity (Wildman–Crippen MR) is 110 cm³/mol. The van der Waals surface area contributed by atoms with E-state index >= 15 is 0 Å². The number of ether oxygens (including phenoxy) is 3. The minimum absolute atomic E-state index is 0.274. The Morgan fingerprint density at radius 3 is 2.59 bits per heavy atom. The zero-order chi connectivity index (χ0) is 21.2. The Bertz CT molecular complexity index is 930. The summed E-state index contributed by atoms with van der Waals surface area (Å²) in [5, 5.41) is 4.19.